The molecule has 1 aliphatic rings. The Balaban J connectivity index is 1.95. The number of nitrogens with one attached hydrogen (secondary N) is 2. The van der Waals surface area contributed by atoms with Crippen molar-refractivity contribution in [2.75, 3.05) is 0 Å². The van der Waals surface area contributed by atoms with E-state index in [0.29, 0.717) is 30.5 Å². The summed E-state index contributed by atoms with van der Waals surface area (Å²) in [4.78, 5) is 14.4. The summed E-state index contributed by atoms with van der Waals surface area (Å²) in [5, 5.41) is 11.3. The number of hydrogen-bond acceptors (Lipinski definition) is 2. The third kappa shape index (κ3) is 2.22. The first-order valence-corrected chi connectivity index (χ1v) is 5.22. The third-order valence-corrected chi connectivity index (χ3v) is 2.76. The SMILES string of the molecule is N#Cc1c[nH]c(C(=O)NC2CCC(F)C2)c1. The number of nitriles is 1. The molecular formula is C11H12FN3O. The lowest BCUT2D eigenvalue weighted by molar-refractivity contribution is 0.0932. The van der Waals surface area contributed by atoms with E-state index in [1.165, 1.54) is 12.3 Å². The highest BCUT2D eigenvalue weighted by atomic mass is 19.1. The van der Waals surface area contributed by atoms with Gasteiger partial charge in [0.25, 0.3) is 5.91 Å². The van der Waals surface area contributed by atoms with Crippen LogP contribution in [-0.4, -0.2) is 23.1 Å². The number of alkyl halides is 1. The summed E-state index contributed by atoms with van der Waals surface area (Å²) in [5.74, 6) is -0.277. The van der Waals surface area contributed by atoms with Crippen molar-refractivity contribution in [3.63, 3.8) is 0 Å². The number of amides is 1. The van der Waals surface area contributed by atoms with Gasteiger partial charge < -0.3 is 10.3 Å². The maximum Gasteiger partial charge on any atom is 0.267 e. The Kier molecular flexibility index (Phi) is 2.91. The van der Waals surface area contributed by atoms with Gasteiger partial charge in [-0.05, 0) is 25.3 Å². The standard InChI is InChI=1S/C11H12FN3O/c12-8-1-2-9(4-8)15-11(16)10-3-7(5-13)6-14-10/h3,6,8-9,14H,1-2,4H2,(H,15,16). The van der Waals surface area contributed by atoms with Crippen LogP contribution < -0.4 is 5.32 Å². The van der Waals surface area contributed by atoms with Gasteiger partial charge in [0.15, 0.2) is 0 Å². The first kappa shape index (κ1) is 10.7. The molecule has 0 aromatic carbocycles. The molecule has 1 heterocycles. The van der Waals surface area contributed by atoms with Gasteiger partial charge in [0.1, 0.15) is 17.9 Å². The normalized spacial score (nSPS) is 24.0. The number of hydrogen-bond donors (Lipinski definition) is 2. The molecule has 84 valence electrons. The third-order valence-electron chi connectivity index (χ3n) is 2.76. The van der Waals surface area contributed by atoms with E-state index in [0.717, 1.165) is 0 Å². The minimum absolute atomic E-state index is 0.0867. The van der Waals surface area contributed by atoms with E-state index < -0.39 is 6.17 Å². The van der Waals surface area contributed by atoms with Gasteiger partial charge >= 0.3 is 0 Å². The van der Waals surface area contributed by atoms with E-state index in [1.54, 1.807) is 0 Å². The van der Waals surface area contributed by atoms with E-state index in [1.807, 2.05) is 6.07 Å². The van der Waals surface area contributed by atoms with Gasteiger partial charge in [-0.3, -0.25) is 4.79 Å². The summed E-state index contributed by atoms with van der Waals surface area (Å²) in [5.41, 5.74) is 0.763. The number of carbonyl (C=O) groups excluding carboxylic acids is 1. The van der Waals surface area contributed by atoms with Gasteiger partial charge in [0.05, 0.1) is 5.56 Å². The van der Waals surface area contributed by atoms with Gasteiger partial charge in [-0.2, -0.15) is 5.26 Å². The van der Waals surface area contributed by atoms with Crippen molar-refractivity contribution < 1.29 is 9.18 Å². The molecule has 2 rings (SSSR count). The predicted octanol–water partition coefficient (Wildman–Crippen LogP) is 1.51. The molecule has 2 unspecified atom stereocenters. The van der Waals surface area contributed by atoms with Crippen molar-refractivity contribution in [1.82, 2.24) is 10.3 Å². The Hall–Kier alpha value is -1.83. The van der Waals surface area contributed by atoms with Crippen LogP contribution in [0.1, 0.15) is 35.3 Å². The number of halogens is 1. The summed E-state index contributed by atoms with van der Waals surface area (Å²) in [7, 11) is 0. The fourth-order valence-corrected chi connectivity index (χ4v) is 1.91. The summed E-state index contributed by atoms with van der Waals surface area (Å²) >= 11 is 0. The minimum Gasteiger partial charge on any atom is -0.356 e. The summed E-state index contributed by atoms with van der Waals surface area (Å²) in [6, 6.07) is 3.33. The molecule has 1 fully saturated rings. The van der Waals surface area contributed by atoms with Gasteiger partial charge in [-0.1, -0.05) is 0 Å². The molecule has 1 aliphatic carbocycles. The molecule has 4 nitrogen and oxygen atoms in total. The lowest BCUT2D eigenvalue weighted by atomic mass is 10.2. The second-order valence-corrected chi connectivity index (χ2v) is 3.99. The molecule has 1 aromatic heterocycles. The molecule has 0 bridgehead atoms. The zero-order valence-electron chi connectivity index (χ0n) is 8.66. The molecule has 16 heavy (non-hydrogen) atoms. The average molecular weight is 221 g/mol. The van der Waals surface area contributed by atoms with Crippen LogP contribution in [0.2, 0.25) is 0 Å². The fraction of sp³-hybridized carbons (Fsp3) is 0.455. The second-order valence-electron chi connectivity index (χ2n) is 3.99. The van der Waals surface area contributed by atoms with Crippen molar-refractivity contribution in [2.24, 2.45) is 0 Å². The van der Waals surface area contributed by atoms with Crippen LogP contribution >= 0.6 is 0 Å². The lowest BCUT2D eigenvalue weighted by Crippen LogP contribution is -2.33. The van der Waals surface area contributed by atoms with E-state index in [-0.39, 0.29) is 11.9 Å². The quantitative estimate of drug-likeness (QED) is 0.794. The van der Waals surface area contributed by atoms with Crippen LogP contribution in [0.15, 0.2) is 12.3 Å². The Morgan fingerprint density at radius 1 is 1.62 bits per heavy atom. The maximum atomic E-state index is 12.9. The van der Waals surface area contributed by atoms with Crippen molar-refractivity contribution >= 4 is 5.91 Å². The topological polar surface area (TPSA) is 68.7 Å². The Morgan fingerprint density at radius 3 is 3.00 bits per heavy atom. The van der Waals surface area contributed by atoms with Gasteiger partial charge in [-0.25, -0.2) is 4.39 Å². The maximum absolute atomic E-state index is 12.9. The first-order chi connectivity index (χ1) is 7.69. The largest absolute Gasteiger partial charge is 0.356 e. The van der Waals surface area contributed by atoms with Crippen molar-refractivity contribution in [1.29, 1.82) is 5.26 Å². The molecule has 2 atom stereocenters. The van der Waals surface area contributed by atoms with E-state index >= 15 is 0 Å². The molecule has 0 saturated heterocycles. The fourth-order valence-electron chi connectivity index (χ4n) is 1.91. The number of carbonyl (C=O) groups is 1. The zero-order chi connectivity index (χ0) is 11.5. The predicted molar refractivity (Wildman–Crippen MR) is 55.5 cm³/mol. The number of aromatic nitrogens is 1. The zero-order valence-corrected chi connectivity index (χ0v) is 8.66. The Morgan fingerprint density at radius 2 is 2.44 bits per heavy atom. The monoisotopic (exact) mass is 221 g/mol. The van der Waals surface area contributed by atoms with Crippen molar-refractivity contribution in [2.45, 2.75) is 31.5 Å². The van der Waals surface area contributed by atoms with E-state index in [9.17, 15) is 9.18 Å². The molecule has 1 amide bonds. The van der Waals surface area contributed by atoms with Crippen molar-refractivity contribution in [3.8, 4) is 6.07 Å². The highest BCUT2D eigenvalue weighted by Crippen LogP contribution is 2.22. The van der Waals surface area contributed by atoms with E-state index in [2.05, 4.69) is 10.3 Å². The highest BCUT2D eigenvalue weighted by Gasteiger charge is 2.25. The Labute approximate surface area is 92.5 Å². The minimum atomic E-state index is -0.802. The van der Waals surface area contributed by atoms with E-state index in [4.69, 9.17) is 5.26 Å². The van der Waals surface area contributed by atoms with Crippen LogP contribution in [-0.2, 0) is 0 Å². The number of H-pyrrole nitrogens is 1. The van der Waals surface area contributed by atoms with Crippen LogP contribution in [0.4, 0.5) is 4.39 Å². The number of rotatable bonds is 2. The van der Waals surface area contributed by atoms with Crippen LogP contribution in [0.5, 0.6) is 0 Å². The molecule has 5 heteroatoms. The smallest absolute Gasteiger partial charge is 0.267 e. The molecule has 2 N–H and O–H groups in total. The molecular weight excluding hydrogens is 209 g/mol. The highest BCUT2D eigenvalue weighted by molar-refractivity contribution is 5.93. The molecule has 1 aromatic rings. The van der Waals surface area contributed by atoms with Gasteiger partial charge in [-0.15, -0.1) is 0 Å². The number of aromatic amines is 1. The molecule has 0 radical (unpaired) electrons. The van der Waals surface area contributed by atoms with Crippen molar-refractivity contribution in [3.05, 3.63) is 23.5 Å². The number of nitrogens with zero attached hydrogens (tertiary/aromatic N) is 1. The van der Waals surface area contributed by atoms with Crippen LogP contribution in [0.3, 0.4) is 0 Å². The lowest BCUT2D eigenvalue weighted by Gasteiger charge is -2.10. The summed E-state index contributed by atoms with van der Waals surface area (Å²) in [6.07, 6.45) is 2.25. The summed E-state index contributed by atoms with van der Waals surface area (Å²) < 4.78 is 12.9. The Bertz CT molecular complexity index is 435. The summed E-state index contributed by atoms with van der Waals surface area (Å²) in [6.45, 7) is 0. The van der Waals surface area contributed by atoms with Crippen LogP contribution in [0.25, 0.3) is 0 Å². The molecule has 0 spiro atoms. The van der Waals surface area contributed by atoms with Gasteiger partial charge in [0.2, 0.25) is 0 Å². The first-order valence-electron chi connectivity index (χ1n) is 5.22. The molecule has 0 aliphatic heterocycles. The second kappa shape index (κ2) is 4.35. The molecule has 1 saturated carbocycles. The average Bonchev–Trinajstić information content (AvgIpc) is 2.87. The van der Waals surface area contributed by atoms with Gasteiger partial charge in [0, 0.05) is 12.2 Å². The van der Waals surface area contributed by atoms with Crippen LogP contribution in [0, 0.1) is 11.3 Å².